The van der Waals surface area contributed by atoms with Gasteiger partial charge in [0.05, 0.1) is 6.10 Å². The molecule has 0 saturated carbocycles. The van der Waals surface area contributed by atoms with Crippen LogP contribution in [-0.4, -0.2) is 25.8 Å². The number of hydrogen-bond acceptors (Lipinski definition) is 2. The van der Waals surface area contributed by atoms with Crippen LogP contribution in [0.1, 0.15) is 13.3 Å². The number of hydrogen-bond donors (Lipinski definition) is 1. The molecule has 1 aliphatic rings. The van der Waals surface area contributed by atoms with Crippen molar-refractivity contribution in [2.24, 2.45) is 5.92 Å². The van der Waals surface area contributed by atoms with E-state index in [4.69, 9.17) is 0 Å². The fourth-order valence-electron chi connectivity index (χ4n) is 1.28. The van der Waals surface area contributed by atoms with E-state index in [1.165, 1.54) is 0 Å². The van der Waals surface area contributed by atoms with Gasteiger partial charge in [0.1, 0.15) is 0 Å². The molecule has 1 aliphatic heterocycles. The summed E-state index contributed by atoms with van der Waals surface area (Å²) >= 11 is 0. The third-order valence-corrected chi connectivity index (χ3v) is 2.03. The molecule has 2 nitrogen and oxygen atoms in total. The lowest BCUT2D eigenvalue weighted by atomic mass is 9.97. The van der Waals surface area contributed by atoms with Gasteiger partial charge in [-0.15, -0.1) is 0 Å². The highest BCUT2D eigenvalue weighted by Crippen LogP contribution is 2.16. The summed E-state index contributed by atoms with van der Waals surface area (Å²) < 4.78 is 27.9. The van der Waals surface area contributed by atoms with Gasteiger partial charge in [-0.25, -0.2) is 0 Å². The van der Waals surface area contributed by atoms with Gasteiger partial charge in [-0.05, 0) is 18.9 Å². The van der Waals surface area contributed by atoms with Crippen molar-refractivity contribution in [3.63, 3.8) is 0 Å². The first-order valence-corrected chi connectivity index (χ1v) is 3.84. The van der Waals surface area contributed by atoms with Gasteiger partial charge in [-0.3, -0.25) is 0 Å². The van der Waals surface area contributed by atoms with Gasteiger partial charge in [-0.2, -0.15) is 8.78 Å². The highest BCUT2D eigenvalue weighted by Gasteiger charge is 2.24. The van der Waals surface area contributed by atoms with Crippen LogP contribution in [-0.2, 0) is 4.74 Å². The third kappa shape index (κ3) is 2.71. The number of alkyl halides is 2. The maximum atomic E-state index is 11.7. The molecule has 0 aromatic rings. The second-order valence-electron chi connectivity index (χ2n) is 2.91. The van der Waals surface area contributed by atoms with Gasteiger partial charge in [0.15, 0.2) is 0 Å². The number of piperidine rings is 1. The lowest BCUT2D eigenvalue weighted by Gasteiger charge is -2.28. The van der Waals surface area contributed by atoms with E-state index in [1.807, 2.05) is 6.92 Å². The zero-order valence-corrected chi connectivity index (χ0v) is 6.52. The summed E-state index contributed by atoms with van der Waals surface area (Å²) in [4.78, 5) is 0. The molecule has 1 fully saturated rings. The van der Waals surface area contributed by atoms with E-state index in [2.05, 4.69) is 10.1 Å². The van der Waals surface area contributed by atoms with Crippen molar-refractivity contribution < 1.29 is 13.5 Å². The average Bonchev–Trinajstić information content (AvgIpc) is 1.93. The van der Waals surface area contributed by atoms with Crippen molar-refractivity contribution in [2.45, 2.75) is 26.1 Å². The van der Waals surface area contributed by atoms with Gasteiger partial charge in [0.25, 0.3) is 0 Å². The van der Waals surface area contributed by atoms with E-state index in [9.17, 15) is 8.78 Å². The summed E-state index contributed by atoms with van der Waals surface area (Å²) in [5.41, 5.74) is 0. The maximum absolute atomic E-state index is 11.7. The molecule has 0 radical (unpaired) electrons. The minimum absolute atomic E-state index is 0.241. The molecule has 4 heteroatoms. The van der Waals surface area contributed by atoms with Crippen molar-refractivity contribution >= 4 is 0 Å². The minimum Gasteiger partial charge on any atom is -0.318 e. The fourth-order valence-corrected chi connectivity index (χ4v) is 1.28. The summed E-state index contributed by atoms with van der Waals surface area (Å²) in [7, 11) is 0. The van der Waals surface area contributed by atoms with Crippen LogP contribution in [0, 0.1) is 5.92 Å². The first kappa shape index (κ1) is 8.87. The molecule has 66 valence electrons. The first-order chi connectivity index (χ1) is 5.20. The maximum Gasteiger partial charge on any atom is 0.345 e. The molecule has 2 unspecified atom stereocenters. The normalized spacial score (nSPS) is 32.7. The van der Waals surface area contributed by atoms with E-state index in [0.717, 1.165) is 13.0 Å². The largest absolute Gasteiger partial charge is 0.345 e. The summed E-state index contributed by atoms with van der Waals surface area (Å²) in [5.74, 6) is 0.241. The summed E-state index contributed by atoms with van der Waals surface area (Å²) in [6.45, 7) is 0.756. The molecular weight excluding hydrogens is 152 g/mol. The Hall–Kier alpha value is -0.220. The summed E-state index contributed by atoms with van der Waals surface area (Å²) in [5, 5.41) is 3.01. The van der Waals surface area contributed by atoms with E-state index in [1.54, 1.807) is 0 Å². The van der Waals surface area contributed by atoms with Gasteiger partial charge >= 0.3 is 6.61 Å². The first-order valence-electron chi connectivity index (χ1n) is 3.84. The van der Waals surface area contributed by atoms with Gasteiger partial charge in [-0.1, -0.05) is 6.92 Å². The smallest absolute Gasteiger partial charge is 0.318 e. The Morgan fingerprint density at radius 1 is 1.55 bits per heavy atom. The van der Waals surface area contributed by atoms with Crippen molar-refractivity contribution in [2.75, 3.05) is 13.1 Å². The Bertz CT molecular complexity index is 121. The van der Waals surface area contributed by atoms with E-state index < -0.39 is 6.61 Å². The third-order valence-electron chi connectivity index (χ3n) is 2.03. The Kier molecular flexibility index (Phi) is 3.20. The topological polar surface area (TPSA) is 21.3 Å². The molecule has 0 spiro atoms. The average molecular weight is 165 g/mol. The number of nitrogens with one attached hydrogen (secondary N) is 1. The van der Waals surface area contributed by atoms with Gasteiger partial charge < -0.3 is 10.1 Å². The molecule has 0 aromatic carbocycles. The lowest BCUT2D eigenvalue weighted by molar-refractivity contribution is -0.177. The van der Waals surface area contributed by atoms with Crippen LogP contribution in [0.4, 0.5) is 8.78 Å². The van der Waals surface area contributed by atoms with Crippen molar-refractivity contribution in [3.05, 3.63) is 0 Å². The molecular formula is C7H13F2NO. The van der Waals surface area contributed by atoms with E-state index in [0.29, 0.717) is 6.54 Å². The zero-order chi connectivity index (χ0) is 8.27. The standard InChI is InChI=1S/C7H13F2NO/c1-5-2-3-10-4-6(5)11-7(8)9/h5-7,10H,2-4H2,1H3. The summed E-state index contributed by atoms with van der Waals surface area (Å²) in [6.07, 6.45) is 0.598. The van der Waals surface area contributed by atoms with Crippen LogP contribution in [0.5, 0.6) is 0 Å². The second-order valence-corrected chi connectivity index (χ2v) is 2.91. The molecule has 0 aliphatic carbocycles. The Labute approximate surface area is 64.9 Å². The fraction of sp³-hybridized carbons (Fsp3) is 1.00. The lowest BCUT2D eigenvalue weighted by Crippen LogP contribution is -2.41. The molecule has 0 aromatic heterocycles. The predicted octanol–water partition coefficient (Wildman–Crippen LogP) is 1.22. The van der Waals surface area contributed by atoms with Crippen molar-refractivity contribution in [1.29, 1.82) is 0 Å². The quantitative estimate of drug-likeness (QED) is 0.664. The van der Waals surface area contributed by atoms with Gasteiger partial charge in [0.2, 0.25) is 0 Å². The van der Waals surface area contributed by atoms with Crippen LogP contribution in [0.15, 0.2) is 0 Å². The Balaban J connectivity index is 2.29. The predicted molar refractivity (Wildman–Crippen MR) is 37.5 cm³/mol. The van der Waals surface area contributed by atoms with Crippen LogP contribution >= 0.6 is 0 Å². The van der Waals surface area contributed by atoms with Crippen LogP contribution in [0.25, 0.3) is 0 Å². The molecule has 1 N–H and O–H groups in total. The van der Waals surface area contributed by atoms with Crippen molar-refractivity contribution in [1.82, 2.24) is 5.32 Å². The molecule has 11 heavy (non-hydrogen) atoms. The molecule has 0 amide bonds. The van der Waals surface area contributed by atoms with E-state index in [-0.39, 0.29) is 12.0 Å². The highest BCUT2D eigenvalue weighted by molar-refractivity contribution is 4.75. The Morgan fingerprint density at radius 3 is 2.82 bits per heavy atom. The Morgan fingerprint density at radius 2 is 2.27 bits per heavy atom. The van der Waals surface area contributed by atoms with E-state index >= 15 is 0 Å². The van der Waals surface area contributed by atoms with Crippen LogP contribution in [0.3, 0.4) is 0 Å². The van der Waals surface area contributed by atoms with Crippen molar-refractivity contribution in [3.8, 4) is 0 Å². The molecule has 1 saturated heterocycles. The second kappa shape index (κ2) is 3.97. The van der Waals surface area contributed by atoms with Crippen LogP contribution in [0.2, 0.25) is 0 Å². The highest BCUT2D eigenvalue weighted by atomic mass is 19.3. The zero-order valence-electron chi connectivity index (χ0n) is 6.52. The number of halogens is 2. The summed E-state index contributed by atoms with van der Waals surface area (Å²) in [6, 6.07) is 0. The number of ether oxygens (including phenoxy) is 1. The molecule has 0 bridgehead atoms. The van der Waals surface area contributed by atoms with Crippen LogP contribution < -0.4 is 5.32 Å². The van der Waals surface area contributed by atoms with Gasteiger partial charge in [0, 0.05) is 6.54 Å². The SMILES string of the molecule is CC1CCNCC1OC(F)F. The number of rotatable bonds is 2. The monoisotopic (exact) mass is 165 g/mol. The molecule has 1 rings (SSSR count). The molecule has 1 heterocycles. The minimum atomic E-state index is -2.64. The molecule has 2 atom stereocenters.